The molecular formula is C28H33N7O3. The molecule has 2 saturated heterocycles. The first-order valence-electron chi connectivity index (χ1n) is 13.2. The second-order valence-electron chi connectivity index (χ2n) is 11.3. The van der Waals surface area contributed by atoms with Crippen molar-refractivity contribution >= 4 is 28.0 Å². The number of benzene rings is 1. The summed E-state index contributed by atoms with van der Waals surface area (Å²) in [6.45, 7) is 3.06. The Kier molecular flexibility index (Phi) is 5.14. The molecule has 2 aliphatic heterocycles. The lowest BCUT2D eigenvalue weighted by Gasteiger charge is -2.31. The molecule has 3 aromatic heterocycles. The average Bonchev–Trinajstić information content (AvgIpc) is 3.33. The van der Waals surface area contributed by atoms with E-state index in [1.807, 2.05) is 25.4 Å². The van der Waals surface area contributed by atoms with Crippen LogP contribution in [-0.4, -0.2) is 75.4 Å². The minimum absolute atomic E-state index is 0.100. The van der Waals surface area contributed by atoms with Gasteiger partial charge in [-0.2, -0.15) is 0 Å². The Morgan fingerprint density at radius 1 is 1.24 bits per heavy atom. The van der Waals surface area contributed by atoms with Gasteiger partial charge < -0.3 is 35.0 Å². The van der Waals surface area contributed by atoms with Crippen molar-refractivity contribution in [3.8, 4) is 17.3 Å². The highest BCUT2D eigenvalue weighted by Gasteiger charge is 2.60. The molecule has 1 amide bonds. The zero-order valence-corrected chi connectivity index (χ0v) is 21.8. The summed E-state index contributed by atoms with van der Waals surface area (Å²) in [5.41, 5.74) is 15.8. The SMILES string of the molecule is COc1cc(C(=O)N2C[C@@]3(N)COC[C@@]3(CN)C2)cc2nc(-c3cc4cccnc4n3CC3CC3)n(C)c12. The fourth-order valence-corrected chi connectivity index (χ4v) is 6.39. The molecule has 0 unspecified atom stereocenters. The minimum Gasteiger partial charge on any atom is -0.494 e. The van der Waals surface area contributed by atoms with E-state index in [1.54, 1.807) is 18.1 Å². The van der Waals surface area contributed by atoms with Crippen molar-refractivity contribution in [2.45, 2.75) is 24.9 Å². The molecule has 1 aromatic carbocycles. The Morgan fingerprint density at radius 3 is 2.82 bits per heavy atom. The quantitative estimate of drug-likeness (QED) is 0.403. The summed E-state index contributed by atoms with van der Waals surface area (Å²) in [7, 11) is 3.62. The smallest absolute Gasteiger partial charge is 0.254 e. The van der Waals surface area contributed by atoms with Gasteiger partial charge in [-0.1, -0.05) is 0 Å². The van der Waals surface area contributed by atoms with Crippen LogP contribution in [0.25, 0.3) is 33.6 Å². The van der Waals surface area contributed by atoms with Crippen LogP contribution >= 0.6 is 0 Å². The molecule has 3 fully saturated rings. The maximum Gasteiger partial charge on any atom is 0.254 e. The van der Waals surface area contributed by atoms with Crippen LogP contribution in [0, 0.1) is 11.3 Å². The van der Waals surface area contributed by atoms with Gasteiger partial charge in [-0.15, -0.1) is 0 Å². The van der Waals surface area contributed by atoms with Crippen molar-refractivity contribution in [2.24, 2.45) is 29.8 Å². The minimum atomic E-state index is -0.632. The van der Waals surface area contributed by atoms with Gasteiger partial charge in [-0.25, -0.2) is 9.97 Å². The highest BCUT2D eigenvalue weighted by Crippen LogP contribution is 2.43. The summed E-state index contributed by atoms with van der Waals surface area (Å²) in [6.07, 6.45) is 4.32. The lowest BCUT2D eigenvalue weighted by Crippen LogP contribution is -2.57. The predicted octanol–water partition coefficient (Wildman–Crippen LogP) is 2.14. The molecule has 1 aliphatic carbocycles. The first kappa shape index (κ1) is 23.6. The molecular weight excluding hydrogens is 482 g/mol. The van der Waals surface area contributed by atoms with Gasteiger partial charge in [0.15, 0.2) is 5.82 Å². The van der Waals surface area contributed by atoms with Crippen LogP contribution in [0.1, 0.15) is 23.2 Å². The molecule has 198 valence electrons. The number of likely N-dealkylation sites (tertiary alicyclic amines) is 1. The number of aromatic nitrogens is 4. The number of hydrogen-bond donors (Lipinski definition) is 2. The van der Waals surface area contributed by atoms with E-state index in [9.17, 15) is 4.79 Å². The second kappa shape index (κ2) is 8.26. The molecule has 0 spiro atoms. The number of imidazole rings is 1. The summed E-state index contributed by atoms with van der Waals surface area (Å²) in [6, 6.07) is 9.87. The number of fused-ring (bicyclic) bond motifs is 3. The van der Waals surface area contributed by atoms with Crippen molar-refractivity contribution < 1.29 is 14.3 Å². The molecule has 7 rings (SSSR count). The third kappa shape index (κ3) is 3.33. The monoisotopic (exact) mass is 515 g/mol. The Balaban J connectivity index is 1.31. The topological polar surface area (TPSA) is 126 Å². The first-order chi connectivity index (χ1) is 18.4. The number of carbonyl (C=O) groups excluding carboxylic acids is 1. The molecule has 38 heavy (non-hydrogen) atoms. The molecule has 10 heteroatoms. The highest BCUT2D eigenvalue weighted by atomic mass is 16.5. The van der Waals surface area contributed by atoms with Crippen molar-refractivity contribution in [1.82, 2.24) is 24.0 Å². The van der Waals surface area contributed by atoms with E-state index in [0.29, 0.717) is 55.6 Å². The average molecular weight is 516 g/mol. The van der Waals surface area contributed by atoms with Crippen LogP contribution < -0.4 is 16.2 Å². The number of rotatable bonds is 6. The zero-order valence-electron chi connectivity index (χ0n) is 21.8. The number of hydrogen-bond acceptors (Lipinski definition) is 7. The number of nitrogens with two attached hydrogens (primary N) is 2. The molecule has 2 atom stereocenters. The summed E-state index contributed by atoms with van der Waals surface area (Å²) in [4.78, 5) is 25.3. The van der Waals surface area contributed by atoms with E-state index < -0.39 is 11.0 Å². The fourth-order valence-electron chi connectivity index (χ4n) is 6.39. The van der Waals surface area contributed by atoms with Gasteiger partial charge >= 0.3 is 0 Å². The number of pyridine rings is 1. The Bertz CT molecular complexity index is 1590. The van der Waals surface area contributed by atoms with Crippen molar-refractivity contribution in [2.75, 3.05) is 40.0 Å². The van der Waals surface area contributed by atoms with Gasteiger partial charge in [0.05, 0.1) is 37.1 Å². The number of nitrogens with zero attached hydrogens (tertiary/aromatic N) is 5. The number of ether oxygens (including phenoxy) is 2. The number of methoxy groups -OCH3 is 1. The van der Waals surface area contributed by atoms with Crippen LogP contribution in [0.5, 0.6) is 5.75 Å². The summed E-state index contributed by atoms with van der Waals surface area (Å²) in [5, 5.41) is 1.09. The normalized spacial score (nSPS) is 25.0. The van der Waals surface area contributed by atoms with Gasteiger partial charge in [-0.05, 0) is 49.1 Å². The maximum atomic E-state index is 13.7. The van der Waals surface area contributed by atoms with Gasteiger partial charge in [0.2, 0.25) is 0 Å². The molecule has 1 saturated carbocycles. The highest BCUT2D eigenvalue weighted by molar-refractivity contribution is 6.00. The van der Waals surface area contributed by atoms with E-state index in [1.165, 1.54) is 12.8 Å². The Hall–Kier alpha value is -3.47. The predicted molar refractivity (Wildman–Crippen MR) is 144 cm³/mol. The number of aryl methyl sites for hydroxylation is 1. The van der Waals surface area contributed by atoms with E-state index >= 15 is 0 Å². The van der Waals surface area contributed by atoms with Gasteiger partial charge in [0, 0.05) is 55.8 Å². The maximum absolute atomic E-state index is 13.7. The molecule has 4 aromatic rings. The Morgan fingerprint density at radius 2 is 2.08 bits per heavy atom. The van der Waals surface area contributed by atoms with Crippen LogP contribution in [0.4, 0.5) is 0 Å². The summed E-state index contributed by atoms with van der Waals surface area (Å²) < 4.78 is 15.8. The number of carbonyl (C=O) groups is 1. The zero-order chi connectivity index (χ0) is 26.2. The van der Waals surface area contributed by atoms with E-state index in [2.05, 4.69) is 26.3 Å². The van der Waals surface area contributed by atoms with Crippen molar-refractivity contribution in [3.05, 3.63) is 42.1 Å². The van der Waals surface area contributed by atoms with Crippen LogP contribution in [0.3, 0.4) is 0 Å². The lowest BCUT2D eigenvalue weighted by molar-refractivity contribution is 0.0721. The van der Waals surface area contributed by atoms with Gasteiger partial charge in [-0.3, -0.25) is 4.79 Å². The first-order valence-corrected chi connectivity index (χ1v) is 13.2. The van der Waals surface area contributed by atoms with Gasteiger partial charge in [0.25, 0.3) is 5.91 Å². The largest absolute Gasteiger partial charge is 0.494 e. The van der Waals surface area contributed by atoms with E-state index in [4.69, 9.17) is 25.9 Å². The standard InChI is InChI=1S/C28H33N7O3/c1-33-23-20(32-25(33)21-9-18-4-3-7-31-24(18)35(21)11-17-5-6-17)8-19(10-22(23)37-2)26(36)34-13-27(12-29)15-38-16-28(27,30)14-34/h3-4,7-10,17H,5-6,11-16,29-30H2,1-2H3/t27-,28-/m1/s1. The molecule has 4 N–H and O–H groups in total. The van der Waals surface area contributed by atoms with Crippen LogP contribution in [0.15, 0.2) is 36.5 Å². The molecule has 3 aliphatic rings. The van der Waals surface area contributed by atoms with Crippen molar-refractivity contribution in [3.63, 3.8) is 0 Å². The second-order valence-corrected chi connectivity index (χ2v) is 11.3. The van der Waals surface area contributed by atoms with E-state index in [-0.39, 0.29) is 5.91 Å². The molecule has 0 bridgehead atoms. The number of amides is 1. The third-order valence-electron chi connectivity index (χ3n) is 8.86. The van der Waals surface area contributed by atoms with Crippen LogP contribution in [-0.2, 0) is 18.3 Å². The third-order valence-corrected chi connectivity index (χ3v) is 8.86. The lowest BCUT2D eigenvalue weighted by atomic mass is 9.75. The summed E-state index contributed by atoms with van der Waals surface area (Å²) in [5.74, 6) is 2.00. The van der Waals surface area contributed by atoms with E-state index in [0.717, 1.165) is 34.6 Å². The van der Waals surface area contributed by atoms with Crippen LogP contribution in [0.2, 0.25) is 0 Å². The molecule has 5 heterocycles. The molecule has 10 nitrogen and oxygen atoms in total. The van der Waals surface area contributed by atoms with Crippen molar-refractivity contribution in [1.29, 1.82) is 0 Å². The fraction of sp³-hybridized carbons (Fsp3) is 0.464. The Labute approximate surface area is 220 Å². The molecule has 0 radical (unpaired) electrons. The van der Waals surface area contributed by atoms with Gasteiger partial charge in [0.1, 0.15) is 16.9 Å². The summed E-state index contributed by atoms with van der Waals surface area (Å²) >= 11 is 0.